The molecule has 0 aliphatic heterocycles. The zero-order valence-electron chi connectivity index (χ0n) is 19.4. The van der Waals surface area contributed by atoms with Crippen LogP contribution in [-0.2, 0) is 20.7 Å². The number of nitrogens with zero attached hydrogens (tertiary/aromatic N) is 1. The van der Waals surface area contributed by atoms with Crippen LogP contribution in [0.2, 0.25) is 5.31 Å². The van der Waals surface area contributed by atoms with E-state index in [0.717, 1.165) is 23.8 Å². The Morgan fingerprint density at radius 2 is 1.94 bits per heavy atom. The van der Waals surface area contributed by atoms with Gasteiger partial charge in [-0.25, -0.2) is 0 Å². The molecule has 7 N–H and O–H groups in total. The third-order valence-electron chi connectivity index (χ3n) is 6.40. The predicted molar refractivity (Wildman–Crippen MR) is 134 cm³/mol. The van der Waals surface area contributed by atoms with Gasteiger partial charge in [0.25, 0.3) is 0 Å². The highest BCUT2D eigenvalue weighted by atomic mass is 16.5. The highest BCUT2D eigenvalue weighted by Crippen LogP contribution is 2.47. The van der Waals surface area contributed by atoms with E-state index in [1.807, 2.05) is 12.1 Å². The van der Waals surface area contributed by atoms with Gasteiger partial charge in [-0.05, 0) is 48.4 Å². The molecule has 2 amide bonds. The molecule has 0 radical (unpaired) electrons. The van der Waals surface area contributed by atoms with Crippen molar-refractivity contribution in [2.75, 3.05) is 13.1 Å². The molecule has 1 aliphatic rings. The number of carbonyl (C=O) groups is 2. The molecule has 0 aromatic heterocycles. The van der Waals surface area contributed by atoms with Crippen molar-refractivity contribution in [2.45, 2.75) is 56.5 Å². The molecule has 1 saturated carbocycles. The van der Waals surface area contributed by atoms with Crippen molar-refractivity contribution in [3.05, 3.63) is 48.0 Å². The number of rotatable bonds is 13. The summed E-state index contributed by atoms with van der Waals surface area (Å²) in [6.45, 7) is 0.833. The summed E-state index contributed by atoms with van der Waals surface area (Å²) in [7, 11) is -1.34. The highest BCUT2D eigenvalue weighted by molar-refractivity contribution is 6.53. The minimum atomic E-state index is -1.34. The molecule has 0 saturated heterocycles. The molecule has 2 aromatic rings. The van der Waals surface area contributed by atoms with Gasteiger partial charge < -0.3 is 31.8 Å². The van der Waals surface area contributed by atoms with Gasteiger partial charge in [-0.1, -0.05) is 55.3 Å². The van der Waals surface area contributed by atoms with Crippen LogP contribution in [-0.4, -0.2) is 49.7 Å². The lowest BCUT2D eigenvalue weighted by atomic mass is 9.55. The first-order valence-electron chi connectivity index (χ1n) is 11.8. The van der Waals surface area contributed by atoms with Crippen molar-refractivity contribution in [1.82, 2.24) is 10.6 Å². The quantitative estimate of drug-likeness (QED) is 0.0751. The molecule has 0 spiro atoms. The van der Waals surface area contributed by atoms with Gasteiger partial charge in [-0.15, -0.1) is 0 Å². The minimum Gasteiger partial charge on any atom is -0.426 e. The van der Waals surface area contributed by atoms with Crippen LogP contribution in [0.3, 0.4) is 0 Å². The fourth-order valence-corrected chi connectivity index (χ4v) is 4.52. The number of carbonyl (C=O) groups excluding carboxylic acids is 2. The molecule has 1 aliphatic carbocycles. The number of nitrogens with two attached hydrogens (primary N) is 2. The summed E-state index contributed by atoms with van der Waals surface area (Å²) in [5.74, 6) is -0.227. The summed E-state index contributed by atoms with van der Waals surface area (Å²) in [5, 5.41) is 17.8. The maximum Gasteiger partial charge on any atom is 0.472 e. The van der Waals surface area contributed by atoms with Gasteiger partial charge in [0.05, 0.1) is 5.31 Å². The first-order chi connectivity index (χ1) is 16.4. The summed E-state index contributed by atoms with van der Waals surface area (Å²) < 4.78 is 5.76. The predicted octanol–water partition coefficient (Wildman–Crippen LogP) is 1.44. The Morgan fingerprint density at radius 1 is 1.21 bits per heavy atom. The molecule has 0 bridgehead atoms. The van der Waals surface area contributed by atoms with Gasteiger partial charge in [-0.3, -0.25) is 14.6 Å². The summed E-state index contributed by atoms with van der Waals surface area (Å²) in [6, 6.07) is 14.4. The number of benzene rings is 2. The lowest BCUT2D eigenvalue weighted by molar-refractivity contribution is -0.125. The van der Waals surface area contributed by atoms with Crippen LogP contribution in [0.5, 0.6) is 0 Å². The summed E-state index contributed by atoms with van der Waals surface area (Å²) in [6.07, 6.45) is 4.10. The third kappa shape index (κ3) is 6.71. The van der Waals surface area contributed by atoms with Crippen molar-refractivity contribution in [1.29, 1.82) is 0 Å². The lowest BCUT2D eigenvalue weighted by Gasteiger charge is -2.31. The van der Waals surface area contributed by atoms with Gasteiger partial charge >= 0.3 is 7.12 Å². The van der Waals surface area contributed by atoms with E-state index < -0.39 is 18.7 Å². The molecule has 34 heavy (non-hydrogen) atoms. The van der Waals surface area contributed by atoms with Gasteiger partial charge in [0.15, 0.2) is 5.96 Å². The summed E-state index contributed by atoms with van der Waals surface area (Å²) in [5.41, 5.74) is 11.8. The Balaban J connectivity index is 1.57. The second kappa shape index (κ2) is 12.4. The fourth-order valence-electron chi connectivity index (χ4n) is 4.52. The van der Waals surface area contributed by atoms with Crippen LogP contribution in [0.25, 0.3) is 10.8 Å². The average molecular weight is 467 g/mol. The normalized spacial score (nSPS) is 15.4. The number of fused-ring (bicyclic) bond motifs is 1. The van der Waals surface area contributed by atoms with Gasteiger partial charge in [0.1, 0.15) is 6.23 Å². The Bertz CT molecular complexity index is 992. The Morgan fingerprint density at radius 3 is 2.65 bits per heavy atom. The van der Waals surface area contributed by atoms with Gasteiger partial charge in [-0.2, -0.15) is 0 Å². The van der Waals surface area contributed by atoms with Crippen molar-refractivity contribution in [3.63, 3.8) is 0 Å². The SMILES string of the molecule is NC(N)=NCCC[C@H](NC=O)OB(O)C1(C(=O)NCCc2ccc3ccccc3c2)CCCC1. The van der Waals surface area contributed by atoms with Crippen molar-refractivity contribution >= 4 is 36.2 Å². The highest BCUT2D eigenvalue weighted by Gasteiger charge is 2.52. The number of hydrogen-bond donors (Lipinski definition) is 5. The van der Waals surface area contributed by atoms with Crippen LogP contribution in [0.15, 0.2) is 47.5 Å². The molecule has 1 fully saturated rings. The Labute approximate surface area is 200 Å². The number of guanidine groups is 1. The van der Waals surface area contributed by atoms with Crippen LogP contribution >= 0.6 is 0 Å². The Kier molecular flexibility index (Phi) is 9.29. The second-order valence-electron chi connectivity index (χ2n) is 8.76. The Hall–Kier alpha value is -3.11. The van der Waals surface area contributed by atoms with E-state index in [4.69, 9.17) is 16.1 Å². The molecule has 9 nitrogen and oxygen atoms in total. The van der Waals surface area contributed by atoms with Crippen LogP contribution in [0.4, 0.5) is 0 Å². The van der Waals surface area contributed by atoms with Gasteiger partial charge in [0, 0.05) is 13.1 Å². The van der Waals surface area contributed by atoms with Crippen LogP contribution in [0.1, 0.15) is 44.1 Å². The smallest absolute Gasteiger partial charge is 0.426 e. The van der Waals surface area contributed by atoms with Gasteiger partial charge in [0.2, 0.25) is 12.3 Å². The molecule has 0 unspecified atom stereocenters. The number of amides is 2. The molecule has 1 atom stereocenters. The number of hydrogen-bond acceptors (Lipinski definition) is 5. The monoisotopic (exact) mass is 467 g/mol. The van der Waals surface area contributed by atoms with E-state index in [1.165, 1.54) is 5.39 Å². The van der Waals surface area contributed by atoms with Crippen LogP contribution < -0.4 is 22.1 Å². The van der Waals surface area contributed by atoms with E-state index in [0.29, 0.717) is 51.6 Å². The van der Waals surface area contributed by atoms with E-state index in [9.17, 15) is 14.6 Å². The molecular weight excluding hydrogens is 433 g/mol. The molecule has 3 rings (SSSR count). The molecule has 2 aromatic carbocycles. The first kappa shape index (κ1) is 25.5. The van der Waals surface area contributed by atoms with E-state index in [-0.39, 0.29) is 11.9 Å². The van der Waals surface area contributed by atoms with E-state index in [1.54, 1.807) is 0 Å². The zero-order chi connectivity index (χ0) is 24.4. The maximum atomic E-state index is 13.2. The minimum absolute atomic E-state index is 0.00822. The topological polar surface area (TPSA) is 152 Å². The first-order valence-corrected chi connectivity index (χ1v) is 11.8. The largest absolute Gasteiger partial charge is 0.472 e. The molecule has 0 heterocycles. The lowest BCUT2D eigenvalue weighted by Crippen LogP contribution is -2.49. The molecular formula is C24H34BN5O4. The van der Waals surface area contributed by atoms with Crippen molar-refractivity contribution in [3.8, 4) is 0 Å². The van der Waals surface area contributed by atoms with Crippen molar-refractivity contribution in [2.24, 2.45) is 16.5 Å². The molecule has 10 heteroatoms. The standard InChI is InChI=1S/C24H34BN5O4/c26-23(27)29-14-5-8-21(30-17-31)34-25(33)24(12-3-4-13-24)22(32)28-15-11-18-9-10-19-6-1-2-7-20(19)16-18/h1-2,6-7,9-10,16-17,21,33H,3-5,8,11-15H2,(H,28,32)(H,30,31)(H4,26,27,29)/t21-/m1/s1. The number of aliphatic imine (C=N–C) groups is 1. The maximum absolute atomic E-state index is 13.2. The molecule has 182 valence electrons. The zero-order valence-corrected chi connectivity index (χ0v) is 19.4. The fraction of sp³-hybridized carbons (Fsp3) is 0.458. The second-order valence-corrected chi connectivity index (χ2v) is 8.76. The van der Waals surface area contributed by atoms with Crippen molar-refractivity contribution < 1.29 is 19.3 Å². The number of nitrogens with one attached hydrogen (secondary N) is 2. The van der Waals surface area contributed by atoms with Crippen LogP contribution in [0, 0.1) is 0 Å². The third-order valence-corrected chi connectivity index (χ3v) is 6.40. The van der Waals surface area contributed by atoms with E-state index in [2.05, 4.69) is 46.0 Å². The summed E-state index contributed by atoms with van der Waals surface area (Å²) in [4.78, 5) is 28.1. The van der Waals surface area contributed by atoms with E-state index >= 15 is 0 Å². The summed E-state index contributed by atoms with van der Waals surface area (Å²) >= 11 is 0. The average Bonchev–Trinajstić information content (AvgIpc) is 3.33.